The molecule has 0 saturated heterocycles. The van der Waals surface area contributed by atoms with Crippen molar-refractivity contribution in [3.8, 4) is 5.69 Å². The monoisotopic (exact) mass is 338 g/mol. The van der Waals surface area contributed by atoms with Crippen molar-refractivity contribution >= 4 is 38.6 Å². The van der Waals surface area contributed by atoms with Crippen molar-refractivity contribution < 1.29 is 4.39 Å². The first-order valence-electron chi connectivity index (χ1n) is 5.68. The molecule has 96 valence electrons. The highest BCUT2D eigenvalue weighted by molar-refractivity contribution is 9.10. The van der Waals surface area contributed by atoms with Crippen LogP contribution in [-0.2, 0) is 5.88 Å². The molecular formula is C14H9BrClFN2. The topological polar surface area (TPSA) is 17.8 Å². The summed E-state index contributed by atoms with van der Waals surface area (Å²) in [5.74, 6) is 0.684. The zero-order chi connectivity index (χ0) is 13.4. The van der Waals surface area contributed by atoms with E-state index in [9.17, 15) is 4.39 Å². The summed E-state index contributed by atoms with van der Waals surface area (Å²) in [6.07, 6.45) is 0. The minimum atomic E-state index is -0.285. The molecule has 0 radical (unpaired) electrons. The number of imidazole rings is 1. The van der Waals surface area contributed by atoms with Gasteiger partial charge in [0.25, 0.3) is 0 Å². The fraction of sp³-hybridized carbons (Fsp3) is 0.0714. The van der Waals surface area contributed by atoms with E-state index >= 15 is 0 Å². The van der Waals surface area contributed by atoms with Crippen molar-refractivity contribution in [3.63, 3.8) is 0 Å². The Morgan fingerprint density at radius 1 is 1.16 bits per heavy atom. The van der Waals surface area contributed by atoms with Gasteiger partial charge in [-0.05, 0) is 36.4 Å². The maximum atomic E-state index is 13.4. The number of rotatable bonds is 2. The van der Waals surface area contributed by atoms with E-state index < -0.39 is 0 Å². The number of nitrogens with zero attached hydrogens (tertiary/aromatic N) is 2. The first-order chi connectivity index (χ1) is 9.19. The van der Waals surface area contributed by atoms with E-state index in [1.54, 1.807) is 6.07 Å². The van der Waals surface area contributed by atoms with Gasteiger partial charge in [0.15, 0.2) is 0 Å². The van der Waals surface area contributed by atoms with Crippen LogP contribution in [0.4, 0.5) is 4.39 Å². The highest BCUT2D eigenvalue weighted by Gasteiger charge is 2.12. The van der Waals surface area contributed by atoms with Crippen molar-refractivity contribution in [3.05, 3.63) is 58.6 Å². The average molecular weight is 340 g/mol. The van der Waals surface area contributed by atoms with Gasteiger partial charge in [-0.3, -0.25) is 4.57 Å². The van der Waals surface area contributed by atoms with E-state index in [0.717, 1.165) is 21.2 Å². The number of benzene rings is 2. The van der Waals surface area contributed by atoms with Gasteiger partial charge in [0.1, 0.15) is 11.6 Å². The Morgan fingerprint density at radius 2 is 1.89 bits per heavy atom. The van der Waals surface area contributed by atoms with Crippen molar-refractivity contribution in [2.45, 2.75) is 5.88 Å². The van der Waals surface area contributed by atoms with Gasteiger partial charge in [-0.25, -0.2) is 9.37 Å². The largest absolute Gasteiger partial charge is 0.295 e. The molecule has 0 atom stereocenters. The molecule has 0 fully saturated rings. The van der Waals surface area contributed by atoms with Gasteiger partial charge in [0.05, 0.1) is 16.9 Å². The molecule has 3 rings (SSSR count). The molecule has 5 heteroatoms. The lowest BCUT2D eigenvalue weighted by Crippen LogP contribution is -1.99. The van der Waals surface area contributed by atoms with Gasteiger partial charge in [-0.1, -0.05) is 15.9 Å². The van der Waals surface area contributed by atoms with Gasteiger partial charge < -0.3 is 0 Å². The highest BCUT2D eigenvalue weighted by Crippen LogP contribution is 2.24. The van der Waals surface area contributed by atoms with Gasteiger partial charge >= 0.3 is 0 Å². The second-order valence-electron chi connectivity index (χ2n) is 4.11. The Balaban J connectivity index is 2.31. The molecule has 0 bridgehead atoms. The predicted octanol–water partition coefficient (Wildman–Crippen LogP) is 4.67. The van der Waals surface area contributed by atoms with Crippen LogP contribution in [0.2, 0.25) is 0 Å². The SMILES string of the molecule is Fc1ccc2nc(CCl)n(-c3ccc(Br)cc3)c2c1. The number of fused-ring (bicyclic) bond motifs is 1. The van der Waals surface area contributed by atoms with Crippen LogP contribution in [0.15, 0.2) is 46.9 Å². The van der Waals surface area contributed by atoms with E-state index in [1.807, 2.05) is 28.8 Å². The molecule has 2 nitrogen and oxygen atoms in total. The van der Waals surface area contributed by atoms with E-state index in [-0.39, 0.29) is 11.7 Å². The lowest BCUT2D eigenvalue weighted by atomic mass is 10.2. The van der Waals surface area contributed by atoms with Crippen LogP contribution in [0, 0.1) is 5.82 Å². The fourth-order valence-corrected chi connectivity index (χ4v) is 2.51. The highest BCUT2D eigenvalue weighted by atomic mass is 79.9. The molecular weight excluding hydrogens is 331 g/mol. The summed E-state index contributed by atoms with van der Waals surface area (Å²) in [7, 11) is 0. The molecule has 0 aliphatic rings. The first-order valence-corrected chi connectivity index (χ1v) is 7.00. The zero-order valence-electron chi connectivity index (χ0n) is 9.78. The van der Waals surface area contributed by atoms with Crippen molar-refractivity contribution in [1.82, 2.24) is 9.55 Å². The number of halogens is 3. The minimum absolute atomic E-state index is 0.270. The summed E-state index contributed by atoms with van der Waals surface area (Å²) in [5.41, 5.74) is 2.37. The molecule has 0 unspecified atom stereocenters. The molecule has 0 N–H and O–H groups in total. The number of aromatic nitrogens is 2. The number of hydrogen-bond donors (Lipinski definition) is 0. The second-order valence-corrected chi connectivity index (χ2v) is 5.29. The fourth-order valence-electron chi connectivity index (χ4n) is 2.07. The van der Waals surface area contributed by atoms with Crippen molar-refractivity contribution in [2.24, 2.45) is 0 Å². The van der Waals surface area contributed by atoms with Crippen LogP contribution >= 0.6 is 27.5 Å². The van der Waals surface area contributed by atoms with Gasteiger partial charge in [0.2, 0.25) is 0 Å². The molecule has 0 saturated carbocycles. The Labute approximate surface area is 123 Å². The van der Waals surface area contributed by atoms with E-state index in [1.165, 1.54) is 12.1 Å². The van der Waals surface area contributed by atoms with E-state index in [2.05, 4.69) is 20.9 Å². The lowest BCUT2D eigenvalue weighted by Gasteiger charge is -2.07. The molecule has 2 aromatic carbocycles. The normalized spacial score (nSPS) is 11.1. The zero-order valence-corrected chi connectivity index (χ0v) is 12.1. The van der Waals surface area contributed by atoms with Crippen molar-refractivity contribution in [2.75, 3.05) is 0 Å². The van der Waals surface area contributed by atoms with Gasteiger partial charge in [-0.15, -0.1) is 11.6 Å². The summed E-state index contributed by atoms with van der Waals surface area (Å²) in [5, 5.41) is 0. The summed E-state index contributed by atoms with van der Waals surface area (Å²) in [4.78, 5) is 4.42. The molecule has 3 aromatic rings. The summed E-state index contributed by atoms with van der Waals surface area (Å²) >= 11 is 9.33. The molecule has 19 heavy (non-hydrogen) atoms. The van der Waals surface area contributed by atoms with Crippen LogP contribution in [-0.4, -0.2) is 9.55 Å². The molecule has 1 heterocycles. The van der Waals surface area contributed by atoms with Gasteiger partial charge in [0, 0.05) is 16.2 Å². The average Bonchev–Trinajstić information content (AvgIpc) is 2.77. The smallest absolute Gasteiger partial charge is 0.129 e. The molecule has 0 spiro atoms. The van der Waals surface area contributed by atoms with Crippen molar-refractivity contribution in [1.29, 1.82) is 0 Å². The third-order valence-corrected chi connectivity index (χ3v) is 3.66. The maximum absolute atomic E-state index is 13.4. The molecule has 0 aliphatic heterocycles. The number of alkyl halides is 1. The van der Waals surface area contributed by atoms with Crippen LogP contribution < -0.4 is 0 Å². The van der Waals surface area contributed by atoms with Crippen LogP contribution in [0.3, 0.4) is 0 Å². The third-order valence-electron chi connectivity index (χ3n) is 2.89. The summed E-state index contributed by atoms with van der Waals surface area (Å²) < 4.78 is 16.3. The van der Waals surface area contributed by atoms with E-state index in [0.29, 0.717) is 5.82 Å². The Morgan fingerprint density at radius 3 is 2.58 bits per heavy atom. The second kappa shape index (κ2) is 4.94. The maximum Gasteiger partial charge on any atom is 0.129 e. The van der Waals surface area contributed by atoms with Crippen LogP contribution in [0.5, 0.6) is 0 Å². The molecule has 0 aliphatic carbocycles. The van der Waals surface area contributed by atoms with E-state index in [4.69, 9.17) is 11.6 Å². The van der Waals surface area contributed by atoms with Crippen LogP contribution in [0.25, 0.3) is 16.7 Å². The summed E-state index contributed by atoms with van der Waals surface area (Å²) in [6.45, 7) is 0. The Bertz CT molecular complexity index is 737. The predicted molar refractivity (Wildman–Crippen MR) is 78.3 cm³/mol. The lowest BCUT2D eigenvalue weighted by molar-refractivity contribution is 0.629. The molecule has 1 aromatic heterocycles. The minimum Gasteiger partial charge on any atom is -0.295 e. The van der Waals surface area contributed by atoms with Gasteiger partial charge in [-0.2, -0.15) is 0 Å². The quantitative estimate of drug-likeness (QED) is 0.621. The summed E-state index contributed by atoms with van der Waals surface area (Å²) in [6, 6.07) is 12.3. The standard InChI is InChI=1S/C14H9BrClFN2/c15-9-1-4-11(5-2-9)19-13-7-10(17)3-6-12(13)18-14(19)8-16/h1-7H,8H2. The Hall–Kier alpha value is -1.39. The Kier molecular flexibility index (Phi) is 3.29. The number of hydrogen-bond acceptors (Lipinski definition) is 1. The third kappa shape index (κ3) is 2.26. The molecule has 0 amide bonds. The first kappa shape index (κ1) is 12.6. The van der Waals surface area contributed by atoms with Crippen LogP contribution in [0.1, 0.15) is 5.82 Å².